The molecule has 0 aromatic heterocycles. The van der Waals surface area contributed by atoms with Crippen molar-refractivity contribution in [3.05, 3.63) is 0 Å². The molecule has 0 saturated heterocycles. The molecule has 1 amide bonds. The van der Waals surface area contributed by atoms with Gasteiger partial charge in [0.1, 0.15) is 6.61 Å². The monoisotopic (exact) mass is 262 g/mol. The van der Waals surface area contributed by atoms with Gasteiger partial charge in [-0.15, -0.1) is 0 Å². The van der Waals surface area contributed by atoms with Gasteiger partial charge in [0.25, 0.3) is 0 Å². The molecule has 6 heteroatoms. The lowest BCUT2D eigenvalue weighted by Gasteiger charge is -2.22. The quantitative estimate of drug-likeness (QED) is 0.615. The van der Waals surface area contributed by atoms with Crippen molar-refractivity contribution < 1.29 is 14.3 Å². The van der Waals surface area contributed by atoms with Crippen LogP contribution in [0.4, 0.5) is 0 Å². The number of carbonyl (C=O) groups is 1. The van der Waals surface area contributed by atoms with Crippen LogP contribution in [0.1, 0.15) is 20.3 Å². The van der Waals surface area contributed by atoms with Gasteiger partial charge in [0, 0.05) is 26.6 Å². The molecule has 0 radical (unpaired) electrons. The molecule has 0 unspecified atom stereocenters. The largest absolute Gasteiger partial charge is 0.393 e. The van der Waals surface area contributed by atoms with Crippen molar-refractivity contribution in [2.45, 2.75) is 26.4 Å². The molecule has 0 bridgehead atoms. The van der Waals surface area contributed by atoms with Crippen molar-refractivity contribution >= 4 is 23.1 Å². The van der Waals surface area contributed by atoms with Gasteiger partial charge in [-0.3, -0.25) is 4.79 Å². The lowest BCUT2D eigenvalue weighted by atomic mass is 10.3. The van der Waals surface area contributed by atoms with Crippen molar-refractivity contribution in [2.24, 2.45) is 5.73 Å². The van der Waals surface area contributed by atoms with Crippen molar-refractivity contribution in [2.75, 3.05) is 33.4 Å². The molecule has 5 nitrogen and oxygen atoms in total. The lowest BCUT2D eigenvalue weighted by molar-refractivity contribution is -0.138. The molecule has 0 rings (SSSR count). The highest BCUT2D eigenvalue weighted by molar-refractivity contribution is 7.80. The number of hydrogen-bond donors (Lipinski definition) is 1. The van der Waals surface area contributed by atoms with E-state index in [1.54, 1.807) is 12.0 Å². The van der Waals surface area contributed by atoms with E-state index in [9.17, 15) is 4.79 Å². The Morgan fingerprint density at radius 3 is 2.53 bits per heavy atom. The fraction of sp³-hybridized carbons (Fsp3) is 0.818. The maximum atomic E-state index is 11.8. The third-order valence-corrected chi connectivity index (χ3v) is 2.29. The summed E-state index contributed by atoms with van der Waals surface area (Å²) in [5.41, 5.74) is 5.42. The van der Waals surface area contributed by atoms with Crippen LogP contribution in [0, 0.1) is 0 Å². The normalized spacial score (nSPS) is 10.6. The van der Waals surface area contributed by atoms with Gasteiger partial charge in [0.15, 0.2) is 0 Å². The summed E-state index contributed by atoms with van der Waals surface area (Å²) in [5, 5.41) is 0. The van der Waals surface area contributed by atoms with Gasteiger partial charge in [-0.2, -0.15) is 0 Å². The van der Waals surface area contributed by atoms with Gasteiger partial charge in [-0.05, 0) is 13.8 Å². The van der Waals surface area contributed by atoms with E-state index in [2.05, 4.69) is 0 Å². The van der Waals surface area contributed by atoms with Gasteiger partial charge in [0.2, 0.25) is 5.91 Å². The van der Waals surface area contributed by atoms with E-state index in [1.807, 2.05) is 13.8 Å². The Bertz CT molecular complexity index is 247. The molecule has 0 atom stereocenters. The van der Waals surface area contributed by atoms with Gasteiger partial charge < -0.3 is 20.1 Å². The van der Waals surface area contributed by atoms with E-state index >= 15 is 0 Å². The number of rotatable bonds is 9. The molecular weight excluding hydrogens is 240 g/mol. The van der Waals surface area contributed by atoms with Crippen LogP contribution in [-0.4, -0.2) is 55.3 Å². The standard InChI is InChI=1S/C11H22N2O3S/c1-9(2)16-8-11(14)13(6-7-15-3)5-4-10(12)17/h9H,4-8H2,1-3H3,(H2,12,17). The van der Waals surface area contributed by atoms with Crippen LogP contribution in [0.2, 0.25) is 0 Å². The topological polar surface area (TPSA) is 64.8 Å². The van der Waals surface area contributed by atoms with Gasteiger partial charge in [0.05, 0.1) is 17.7 Å². The first-order valence-corrected chi connectivity index (χ1v) is 6.04. The van der Waals surface area contributed by atoms with E-state index in [1.165, 1.54) is 0 Å². The summed E-state index contributed by atoms with van der Waals surface area (Å²) in [5.74, 6) is -0.0630. The van der Waals surface area contributed by atoms with Crippen molar-refractivity contribution in [3.63, 3.8) is 0 Å². The predicted octanol–water partition coefficient (Wildman–Crippen LogP) is 0.563. The zero-order valence-corrected chi connectivity index (χ0v) is 11.6. The fourth-order valence-electron chi connectivity index (χ4n) is 1.14. The summed E-state index contributed by atoms with van der Waals surface area (Å²) in [4.78, 5) is 13.9. The summed E-state index contributed by atoms with van der Waals surface area (Å²) in [6.07, 6.45) is 0.561. The number of nitrogens with zero attached hydrogens (tertiary/aromatic N) is 1. The molecular formula is C11H22N2O3S. The van der Waals surface area contributed by atoms with Crippen LogP contribution < -0.4 is 5.73 Å². The van der Waals surface area contributed by atoms with E-state index in [0.29, 0.717) is 31.1 Å². The van der Waals surface area contributed by atoms with Gasteiger partial charge >= 0.3 is 0 Å². The molecule has 0 aliphatic rings. The van der Waals surface area contributed by atoms with E-state index < -0.39 is 0 Å². The molecule has 0 aromatic carbocycles. The Balaban J connectivity index is 4.13. The number of methoxy groups -OCH3 is 1. The Labute approximate surface area is 108 Å². The average molecular weight is 262 g/mol. The minimum absolute atomic E-state index is 0.0406. The Morgan fingerprint density at radius 1 is 1.41 bits per heavy atom. The van der Waals surface area contributed by atoms with Gasteiger partial charge in [-0.1, -0.05) is 12.2 Å². The summed E-state index contributed by atoms with van der Waals surface area (Å²) in [6.45, 7) is 5.39. The van der Waals surface area contributed by atoms with Crippen LogP contribution in [-0.2, 0) is 14.3 Å². The highest BCUT2D eigenvalue weighted by atomic mass is 32.1. The fourth-order valence-corrected chi connectivity index (χ4v) is 1.23. The summed E-state index contributed by atoms with van der Waals surface area (Å²) >= 11 is 4.80. The first kappa shape index (κ1) is 16.3. The average Bonchev–Trinajstić information content (AvgIpc) is 2.25. The third kappa shape index (κ3) is 9.02. The lowest BCUT2D eigenvalue weighted by Crippen LogP contribution is -2.38. The van der Waals surface area contributed by atoms with Crippen LogP contribution in [0.15, 0.2) is 0 Å². The van der Waals surface area contributed by atoms with E-state index in [4.69, 9.17) is 27.4 Å². The summed E-state index contributed by atoms with van der Waals surface area (Å²) < 4.78 is 10.2. The molecule has 0 saturated carbocycles. The maximum Gasteiger partial charge on any atom is 0.248 e. The summed E-state index contributed by atoms with van der Waals surface area (Å²) in [7, 11) is 1.60. The van der Waals surface area contributed by atoms with E-state index in [0.717, 1.165) is 0 Å². The Kier molecular flexibility index (Phi) is 8.93. The van der Waals surface area contributed by atoms with E-state index in [-0.39, 0.29) is 18.6 Å². The van der Waals surface area contributed by atoms with Crippen molar-refractivity contribution in [3.8, 4) is 0 Å². The smallest absolute Gasteiger partial charge is 0.248 e. The van der Waals surface area contributed by atoms with Crippen LogP contribution in [0.5, 0.6) is 0 Å². The van der Waals surface area contributed by atoms with Gasteiger partial charge in [-0.25, -0.2) is 0 Å². The molecule has 0 aliphatic carbocycles. The molecule has 0 heterocycles. The van der Waals surface area contributed by atoms with Crippen LogP contribution in [0.25, 0.3) is 0 Å². The van der Waals surface area contributed by atoms with Crippen molar-refractivity contribution in [1.82, 2.24) is 4.90 Å². The molecule has 2 N–H and O–H groups in total. The third-order valence-electron chi connectivity index (χ3n) is 2.09. The number of hydrogen-bond acceptors (Lipinski definition) is 4. The second kappa shape index (κ2) is 9.32. The second-order valence-corrected chi connectivity index (χ2v) is 4.47. The number of thiocarbonyl (C=S) groups is 1. The Hall–Kier alpha value is -0.720. The predicted molar refractivity (Wildman–Crippen MR) is 70.9 cm³/mol. The highest BCUT2D eigenvalue weighted by Gasteiger charge is 2.14. The SMILES string of the molecule is COCCN(CCC(N)=S)C(=O)COC(C)C. The number of amides is 1. The molecule has 100 valence electrons. The maximum absolute atomic E-state index is 11.8. The number of nitrogens with two attached hydrogens (primary N) is 1. The molecule has 0 spiro atoms. The molecule has 17 heavy (non-hydrogen) atoms. The van der Waals surface area contributed by atoms with Crippen LogP contribution >= 0.6 is 12.2 Å². The Morgan fingerprint density at radius 2 is 2.06 bits per heavy atom. The zero-order chi connectivity index (χ0) is 13.3. The zero-order valence-electron chi connectivity index (χ0n) is 10.8. The molecule has 0 aliphatic heterocycles. The summed E-state index contributed by atoms with van der Waals surface area (Å²) in [6, 6.07) is 0. The first-order chi connectivity index (χ1) is 7.97. The second-order valence-electron chi connectivity index (χ2n) is 3.95. The number of ether oxygens (including phenoxy) is 2. The van der Waals surface area contributed by atoms with Crippen molar-refractivity contribution in [1.29, 1.82) is 0 Å². The molecule has 0 fully saturated rings. The molecule has 0 aromatic rings. The highest BCUT2D eigenvalue weighted by Crippen LogP contribution is 1.97. The first-order valence-electron chi connectivity index (χ1n) is 5.64. The minimum atomic E-state index is -0.0630. The minimum Gasteiger partial charge on any atom is -0.393 e. The van der Waals surface area contributed by atoms with Crippen LogP contribution in [0.3, 0.4) is 0 Å². The number of carbonyl (C=O) groups excluding carboxylic acids is 1.